The fourth-order valence-electron chi connectivity index (χ4n) is 8.61. The Kier molecular flexibility index (Phi) is 8.34. The number of carbonyl (C=O) groups is 2. The molecule has 2 amide bonds. The molecule has 0 bridgehead atoms. The second-order valence-corrected chi connectivity index (χ2v) is 14.8. The average Bonchev–Trinajstić information content (AvgIpc) is 3.63. The van der Waals surface area contributed by atoms with E-state index in [0.717, 1.165) is 53.8 Å². The standard InChI is InChI=1S/C38H45FN8O3/c1-23(2)46-22-41-32-20-31(43-35(34(32)46)42-30-9-12-40-21-29(30)39)25-7-8-28-33(17-25)47(27-18-26(19-27)44-13-5-4-6-14-44)37(50)38(28)10-15-45(16-11-38)36(49)24(3)48/h7-9,12,17,20-24,26-27,48H,4-6,10-11,13-16,18-19H2,1-3H3,(H,40,42,43)/t24-,26-,27+/m1/s1. The summed E-state index contributed by atoms with van der Waals surface area (Å²) in [5.74, 6) is -0.175. The number of halogens is 1. The van der Waals surface area contributed by atoms with Crippen LogP contribution in [0.4, 0.5) is 21.6 Å². The van der Waals surface area contributed by atoms with E-state index in [-0.39, 0.29) is 29.6 Å². The number of aliphatic hydroxyl groups is 1. The predicted octanol–water partition coefficient (Wildman–Crippen LogP) is 5.56. The van der Waals surface area contributed by atoms with Crippen molar-refractivity contribution >= 4 is 40.0 Å². The molecular weight excluding hydrogens is 635 g/mol. The van der Waals surface area contributed by atoms with E-state index in [0.29, 0.717) is 43.5 Å². The summed E-state index contributed by atoms with van der Waals surface area (Å²) in [6.45, 7) is 8.72. The summed E-state index contributed by atoms with van der Waals surface area (Å²) < 4.78 is 16.8. The fourth-order valence-corrected chi connectivity index (χ4v) is 8.61. The highest BCUT2D eigenvalue weighted by atomic mass is 19.1. The number of aliphatic hydroxyl groups excluding tert-OH is 1. The molecular formula is C38H45FN8O3. The number of amides is 2. The zero-order valence-electron chi connectivity index (χ0n) is 29.0. The lowest BCUT2D eigenvalue weighted by atomic mass is 9.73. The maximum atomic E-state index is 14.8. The molecule has 50 heavy (non-hydrogen) atoms. The number of hydrogen-bond acceptors (Lipinski definition) is 8. The highest BCUT2D eigenvalue weighted by Gasteiger charge is 2.56. The molecule has 6 heterocycles. The van der Waals surface area contributed by atoms with Gasteiger partial charge in [0.2, 0.25) is 5.91 Å². The number of piperidine rings is 2. The number of aromatic nitrogens is 4. The maximum absolute atomic E-state index is 14.8. The molecule has 262 valence electrons. The van der Waals surface area contributed by atoms with Gasteiger partial charge in [0.1, 0.15) is 11.6 Å². The van der Waals surface area contributed by atoms with E-state index in [1.165, 1.54) is 38.6 Å². The van der Waals surface area contributed by atoms with Gasteiger partial charge in [0.25, 0.3) is 5.91 Å². The van der Waals surface area contributed by atoms with E-state index < -0.39 is 17.3 Å². The minimum atomic E-state index is -1.07. The van der Waals surface area contributed by atoms with E-state index in [4.69, 9.17) is 9.97 Å². The summed E-state index contributed by atoms with van der Waals surface area (Å²) in [5.41, 5.74) is 4.46. The van der Waals surface area contributed by atoms with Crippen LogP contribution in [0.25, 0.3) is 22.3 Å². The van der Waals surface area contributed by atoms with E-state index in [9.17, 15) is 19.1 Å². The molecule has 3 aliphatic heterocycles. The van der Waals surface area contributed by atoms with Gasteiger partial charge in [-0.25, -0.2) is 14.4 Å². The number of likely N-dealkylation sites (tertiary alicyclic amines) is 2. The molecule has 2 N–H and O–H groups in total. The van der Waals surface area contributed by atoms with Crippen molar-refractivity contribution in [2.75, 3.05) is 36.4 Å². The third-order valence-corrected chi connectivity index (χ3v) is 11.5. The maximum Gasteiger partial charge on any atom is 0.251 e. The molecule has 4 aromatic rings. The lowest BCUT2D eigenvalue weighted by molar-refractivity contribution is -0.142. The summed E-state index contributed by atoms with van der Waals surface area (Å²) in [5, 5.41) is 13.2. The van der Waals surface area contributed by atoms with Gasteiger partial charge < -0.3 is 29.7 Å². The Morgan fingerprint density at radius 2 is 1.78 bits per heavy atom. The first-order valence-electron chi connectivity index (χ1n) is 18.1. The Morgan fingerprint density at radius 1 is 1.02 bits per heavy atom. The number of carbonyl (C=O) groups excluding carboxylic acids is 2. The summed E-state index contributed by atoms with van der Waals surface area (Å²) in [6, 6.07) is 10.4. The van der Waals surface area contributed by atoms with Crippen LogP contribution in [-0.4, -0.2) is 90.6 Å². The SMILES string of the molecule is CC(C)n1cnc2cc(-c3ccc4c(c3)N([C@H]3C[C@@H](N5CCCCC5)C3)C(=O)C43CCN(C(=O)[C@@H](C)O)CC3)nc(Nc3ccncc3F)c21. The fraction of sp³-hybridized carbons (Fsp3) is 0.500. The van der Waals surface area contributed by atoms with Crippen LogP contribution in [0.2, 0.25) is 0 Å². The Bertz CT molecular complexity index is 1940. The molecule has 12 heteroatoms. The zero-order valence-corrected chi connectivity index (χ0v) is 29.0. The molecule has 1 aliphatic carbocycles. The molecule has 8 rings (SSSR count). The number of nitrogens with zero attached hydrogens (tertiary/aromatic N) is 7. The third kappa shape index (κ3) is 5.43. The van der Waals surface area contributed by atoms with Crippen LogP contribution < -0.4 is 10.2 Å². The number of imidazole rings is 1. The summed E-state index contributed by atoms with van der Waals surface area (Å²) >= 11 is 0. The lowest BCUT2D eigenvalue weighted by Crippen LogP contribution is -2.58. The van der Waals surface area contributed by atoms with Crippen LogP contribution >= 0.6 is 0 Å². The van der Waals surface area contributed by atoms with Crippen LogP contribution in [0.5, 0.6) is 0 Å². The number of nitrogens with one attached hydrogen (secondary N) is 1. The monoisotopic (exact) mass is 680 g/mol. The molecule has 3 fully saturated rings. The summed E-state index contributed by atoms with van der Waals surface area (Å²) in [7, 11) is 0. The Morgan fingerprint density at radius 3 is 2.48 bits per heavy atom. The number of benzene rings is 1. The van der Waals surface area contributed by atoms with Crippen LogP contribution in [0.3, 0.4) is 0 Å². The second-order valence-electron chi connectivity index (χ2n) is 14.8. The molecule has 0 unspecified atom stereocenters. The molecule has 11 nitrogen and oxygen atoms in total. The minimum absolute atomic E-state index is 0.101. The molecule has 1 saturated carbocycles. The summed E-state index contributed by atoms with van der Waals surface area (Å²) in [6.07, 6.45) is 10.1. The van der Waals surface area contributed by atoms with Crippen LogP contribution in [0.15, 0.2) is 49.1 Å². The van der Waals surface area contributed by atoms with E-state index in [1.807, 2.05) is 16.7 Å². The number of hydrogen-bond donors (Lipinski definition) is 2. The first-order valence-corrected chi connectivity index (χ1v) is 18.1. The van der Waals surface area contributed by atoms with Crippen LogP contribution in [-0.2, 0) is 15.0 Å². The van der Waals surface area contributed by atoms with Crippen molar-refractivity contribution in [2.24, 2.45) is 0 Å². The van der Waals surface area contributed by atoms with Crippen molar-refractivity contribution < 1.29 is 19.1 Å². The molecule has 0 radical (unpaired) electrons. The number of rotatable bonds is 7. The highest BCUT2D eigenvalue weighted by Crippen LogP contribution is 2.52. The molecule has 2 saturated heterocycles. The Balaban J connectivity index is 1.18. The molecule has 1 aromatic carbocycles. The largest absolute Gasteiger partial charge is 0.384 e. The lowest BCUT2D eigenvalue weighted by Gasteiger charge is -2.48. The van der Waals surface area contributed by atoms with Gasteiger partial charge in [-0.05, 0) is 96.1 Å². The number of anilines is 3. The Labute approximate surface area is 291 Å². The van der Waals surface area contributed by atoms with E-state index >= 15 is 0 Å². The van der Waals surface area contributed by atoms with Gasteiger partial charge in [-0.1, -0.05) is 18.6 Å². The summed E-state index contributed by atoms with van der Waals surface area (Å²) in [4.78, 5) is 47.4. The normalized spacial score (nSPS) is 22.6. The molecule has 1 spiro atoms. The van der Waals surface area contributed by atoms with Crippen molar-refractivity contribution in [3.05, 3.63) is 60.4 Å². The highest BCUT2D eigenvalue weighted by molar-refractivity contribution is 6.09. The predicted molar refractivity (Wildman–Crippen MR) is 190 cm³/mol. The van der Waals surface area contributed by atoms with E-state index in [2.05, 4.69) is 46.1 Å². The third-order valence-electron chi connectivity index (χ3n) is 11.5. The van der Waals surface area contributed by atoms with Gasteiger partial charge in [0, 0.05) is 48.7 Å². The van der Waals surface area contributed by atoms with Crippen molar-refractivity contribution in [1.29, 1.82) is 0 Å². The van der Waals surface area contributed by atoms with Crippen molar-refractivity contribution in [1.82, 2.24) is 29.3 Å². The van der Waals surface area contributed by atoms with Gasteiger partial charge in [0.15, 0.2) is 11.6 Å². The second kappa shape index (κ2) is 12.7. The first kappa shape index (κ1) is 32.8. The molecule has 4 aliphatic rings. The van der Waals surface area contributed by atoms with Crippen molar-refractivity contribution in [3.63, 3.8) is 0 Å². The smallest absolute Gasteiger partial charge is 0.251 e. The first-order chi connectivity index (χ1) is 24.1. The quantitative estimate of drug-likeness (QED) is 0.261. The average molecular weight is 681 g/mol. The Hall–Kier alpha value is -4.42. The van der Waals surface area contributed by atoms with Gasteiger partial charge in [-0.2, -0.15) is 0 Å². The van der Waals surface area contributed by atoms with Crippen molar-refractivity contribution in [2.45, 2.75) is 95.4 Å². The number of fused-ring (bicyclic) bond motifs is 3. The minimum Gasteiger partial charge on any atom is -0.384 e. The molecule has 3 aromatic heterocycles. The molecule has 1 atom stereocenters. The van der Waals surface area contributed by atoms with Gasteiger partial charge in [-0.15, -0.1) is 0 Å². The van der Waals surface area contributed by atoms with Gasteiger partial charge in [-0.3, -0.25) is 14.6 Å². The topological polar surface area (TPSA) is 120 Å². The van der Waals surface area contributed by atoms with Crippen molar-refractivity contribution in [3.8, 4) is 11.3 Å². The van der Waals surface area contributed by atoms with Crippen LogP contribution in [0, 0.1) is 5.82 Å². The van der Waals surface area contributed by atoms with Gasteiger partial charge in [0.05, 0.1) is 34.8 Å². The van der Waals surface area contributed by atoms with Crippen LogP contribution in [0.1, 0.15) is 77.3 Å². The number of pyridine rings is 2. The van der Waals surface area contributed by atoms with Gasteiger partial charge >= 0.3 is 0 Å². The zero-order chi connectivity index (χ0) is 34.7. The van der Waals surface area contributed by atoms with E-state index in [1.54, 1.807) is 17.3 Å².